The zero-order valence-corrected chi connectivity index (χ0v) is 16.3. The monoisotopic (exact) mass is 394 g/mol. The van der Waals surface area contributed by atoms with Gasteiger partial charge >= 0.3 is 0 Å². The van der Waals surface area contributed by atoms with Gasteiger partial charge in [-0.05, 0) is 29.8 Å². The summed E-state index contributed by atoms with van der Waals surface area (Å²) >= 11 is 0. The molecule has 0 unspecified atom stereocenters. The molecular weight excluding hydrogens is 371 g/mol. The molecule has 0 radical (unpaired) electrons. The fourth-order valence-electron chi connectivity index (χ4n) is 3.59. The van der Waals surface area contributed by atoms with E-state index < -0.39 is 0 Å². The maximum atomic E-state index is 13.9. The number of methoxy groups -OCH3 is 1. The van der Waals surface area contributed by atoms with Crippen LogP contribution in [0.25, 0.3) is 5.69 Å². The van der Waals surface area contributed by atoms with Gasteiger partial charge in [-0.1, -0.05) is 24.3 Å². The number of carbonyl (C=O) groups is 1. The summed E-state index contributed by atoms with van der Waals surface area (Å²) in [7, 11) is 1.46. The molecule has 4 rings (SSSR count). The van der Waals surface area contributed by atoms with Crippen LogP contribution in [0.5, 0.6) is 5.75 Å². The summed E-state index contributed by atoms with van der Waals surface area (Å²) in [5.41, 5.74) is 2.36. The molecule has 150 valence electrons. The van der Waals surface area contributed by atoms with Crippen LogP contribution < -0.4 is 4.74 Å². The molecule has 1 saturated heterocycles. The number of benzene rings is 2. The van der Waals surface area contributed by atoms with Crippen molar-refractivity contribution >= 4 is 5.91 Å². The Balaban J connectivity index is 1.38. The van der Waals surface area contributed by atoms with E-state index in [0.29, 0.717) is 25.3 Å². The second-order valence-electron chi connectivity index (χ2n) is 7.02. The summed E-state index contributed by atoms with van der Waals surface area (Å²) in [5, 5.41) is 0. The lowest BCUT2D eigenvalue weighted by atomic mass is 10.1. The fraction of sp³-hybridized carbons (Fsp3) is 0.273. The van der Waals surface area contributed by atoms with Crippen molar-refractivity contribution in [3.8, 4) is 11.4 Å². The molecule has 3 aromatic rings. The van der Waals surface area contributed by atoms with Crippen LogP contribution in [0.2, 0.25) is 0 Å². The average Bonchev–Trinajstić information content (AvgIpc) is 3.24. The van der Waals surface area contributed by atoms with E-state index in [1.165, 1.54) is 13.2 Å². The molecule has 29 heavy (non-hydrogen) atoms. The molecule has 7 heteroatoms. The van der Waals surface area contributed by atoms with Crippen LogP contribution in [0.4, 0.5) is 4.39 Å². The van der Waals surface area contributed by atoms with Crippen LogP contribution in [0.1, 0.15) is 16.1 Å². The van der Waals surface area contributed by atoms with E-state index in [4.69, 9.17) is 4.74 Å². The molecule has 1 aromatic heterocycles. The molecule has 6 nitrogen and oxygen atoms in total. The Kier molecular flexibility index (Phi) is 5.57. The van der Waals surface area contributed by atoms with Gasteiger partial charge in [0.2, 0.25) is 0 Å². The largest absolute Gasteiger partial charge is 0.494 e. The lowest BCUT2D eigenvalue weighted by molar-refractivity contribution is 0.0620. The van der Waals surface area contributed by atoms with E-state index in [1.54, 1.807) is 18.6 Å². The Bertz CT molecular complexity index is 981. The number of hydrogen-bond acceptors (Lipinski definition) is 4. The van der Waals surface area contributed by atoms with Gasteiger partial charge in [-0.15, -0.1) is 0 Å². The summed E-state index contributed by atoms with van der Waals surface area (Å²) in [6.45, 7) is 3.36. The van der Waals surface area contributed by atoms with Crippen molar-refractivity contribution in [3.05, 3.63) is 78.1 Å². The van der Waals surface area contributed by atoms with E-state index in [1.807, 2.05) is 45.9 Å². The normalized spacial score (nSPS) is 14.8. The third kappa shape index (κ3) is 4.14. The van der Waals surface area contributed by atoms with Crippen molar-refractivity contribution < 1.29 is 13.9 Å². The molecule has 1 aliphatic heterocycles. The molecule has 0 atom stereocenters. The van der Waals surface area contributed by atoms with E-state index >= 15 is 0 Å². The summed E-state index contributed by atoms with van der Waals surface area (Å²) in [6.07, 6.45) is 3.28. The topological polar surface area (TPSA) is 50.6 Å². The van der Waals surface area contributed by atoms with Crippen molar-refractivity contribution in [3.63, 3.8) is 0 Å². The number of hydrogen-bond donors (Lipinski definition) is 0. The molecule has 1 fully saturated rings. The first-order valence-electron chi connectivity index (χ1n) is 9.57. The third-order valence-electron chi connectivity index (χ3n) is 5.17. The van der Waals surface area contributed by atoms with Crippen LogP contribution in [0.15, 0.2) is 61.1 Å². The number of aromatic nitrogens is 2. The summed E-state index contributed by atoms with van der Waals surface area (Å²) < 4.78 is 20.7. The van der Waals surface area contributed by atoms with Crippen molar-refractivity contribution in [2.75, 3.05) is 33.3 Å². The van der Waals surface area contributed by atoms with Gasteiger partial charge in [0.1, 0.15) is 5.69 Å². The van der Waals surface area contributed by atoms with E-state index in [0.717, 1.165) is 24.3 Å². The molecule has 2 aromatic carbocycles. The maximum absolute atomic E-state index is 13.9. The van der Waals surface area contributed by atoms with Crippen LogP contribution in [0, 0.1) is 5.82 Å². The smallest absolute Gasteiger partial charge is 0.272 e. The summed E-state index contributed by atoms with van der Waals surface area (Å²) in [5.74, 6) is -0.131. The van der Waals surface area contributed by atoms with Crippen LogP contribution >= 0.6 is 0 Å². The Morgan fingerprint density at radius 2 is 1.86 bits per heavy atom. The number of nitrogens with zero attached hydrogens (tertiary/aromatic N) is 4. The van der Waals surface area contributed by atoms with E-state index in [-0.39, 0.29) is 17.5 Å². The van der Waals surface area contributed by atoms with Crippen molar-refractivity contribution in [1.82, 2.24) is 19.4 Å². The van der Waals surface area contributed by atoms with Crippen LogP contribution in [0.3, 0.4) is 0 Å². The second kappa shape index (κ2) is 8.45. The predicted molar refractivity (Wildman–Crippen MR) is 108 cm³/mol. The number of para-hydroxylation sites is 1. The Morgan fingerprint density at radius 3 is 2.55 bits per heavy atom. The number of imidazole rings is 1. The molecule has 0 aliphatic carbocycles. The molecule has 2 heterocycles. The summed E-state index contributed by atoms with van der Waals surface area (Å²) in [4.78, 5) is 21.3. The zero-order valence-electron chi connectivity index (χ0n) is 16.3. The number of rotatable bonds is 5. The first-order valence-corrected chi connectivity index (χ1v) is 9.57. The highest BCUT2D eigenvalue weighted by Gasteiger charge is 2.25. The third-order valence-corrected chi connectivity index (χ3v) is 5.17. The molecule has 1 aliphatic rings. The van der Waals surface area contributed by atoms with Crippen molar-refractivity contribution in [2.24, 2.45) is 0 Å². The quantitative estimate of drug-likeness (QED) is 0.668. The Labute approximate surface area is 169 Å². The van der Waals surface area contributed by atoms with Gasteiger partial charge in [-0.25, -0.2) is 9.37 Å². The number of amides is 1. The van der Waals surface area contributed by atoms with Gasteiger partial charge in [-0.2, -0.15) is 0 Å². The van der Waals surface area contributed by atoms with E-state index in [2.05, 4.69) is 9.88 Å². The highest BCUT2D eigenvalue weighted by Crippen LogP contribution is 2.20. The standard InChI is InChI=1S/C22H23FN4O2/c1-29-21-8-7-17(13-19(21)23)15-25-9-11-26(12-10-25)22(28)20-14-24-16-27(20)18-5-3-2-4-6-18/h2-8,13-14,16H,9-12,15H2,1H3. The Hall–Kier alpha value is -3.19. The molecule has 0 spiro atoms. The molecule has 1 amide bonds. The highest BCUT2D eigenvalue weighted by molar-refractivity contribution is 5.93. The predicted octanol–water partition coefficient (Wildman–Crippen LogP) is 2.98. The van der Waals surface area contributed by atoms with Gasteiger partial charge < -0.3 is 9.64 Å². The summed E-state index contributed by atoms with van der Waals surface area (Å²) in [6, 6.07) is 14.7. The van der Waals surface area contributed by atoms with Gasteiger partial charge in [-0.3, -0.25) is 14.3 Å². The lowest BCUT2D eigenvalue weighted by Crippen LogP contribution is -2.48. The average molecular weight is 394 g/mol. The number of carbonyl (C=O) groups excluding carboxylic acids is 1. The molecule has 0 N–H and O–H groups in total. The first kappa shape index (κ1) is 19.1. The molecule has 0 saturated carbocycles. The zero-order chi connectivity index (χ0) is 20.2. The minimum atomic E-state index is -0.354. The second-order valence-corrected chi connectivity index (χ2v) is 7.02. The van der Waals surface area contributed by atoms with Gasteiger partial charge in [0.05, 0.1) is 19.6 Å². The van der Waals surface area contributed by atoms with Gasteiger partial charge in [0.25, 0.3) is 5.91 Å². The molecular formula is C22H23FN4O2. The van der Waals surface area contributed by atoms with E-state index in [9.17, 15) is 9.18 Å². The SMILES string of the molecule is COc1ccc(CN2CCN(C(=O)c3cncn3-c3ccccc3)CC2)cc1F. The first-order chi connectivity index (χ1) is 14.2. The van der Waals surface area contributed by atoms with Crippen molar-refractivity contribution in [2.45, 2.75) is 6.54 Å². The minimum absolute atomic E-state index is 0.0264. The van der Waals surface area contributed by atoms with Gasteiger partial charge in [0.15, 0.2) is 11.6 Å². The number of piperazine rings is 1. The van der Waals surface area contributed by atoms with Gasteiger partial charge in [0, 0.05) is 38.4 Å². The Morgan fingerprint density at radius 1 is 1.10 bits per heavy atom. The maximum Gasteiger partial charge on any atom is 0.272 e. The minimum Gasteiger partial charge on any atom is -0.494 e. The number of ether oxygens (including phenoxy) is 1. The highest BCUT2D eigenvalue weighted by atomic mass is 19.1. The van der Waals surface area contributed by atoms with Crippen molar-refractivity contribution in [1.29, 1.82) is 0 Å². The van der Waals surface area contributed by atoms with Crippen LogP contribution in [-0.4, -0.2) is 58.5 Å². The van der Waals surface area contributed by atoms with Crippen LogP contribution in [-0.2, 0) is 6.54 Å². The fourth-order valence-corrected chi connectivity index (χ4v) is 3.59. The molecule has 0 bridgehead atoms. The lowest BCUT2D eigenvalue weighted by Gasteiger charge is -2.34. The number of halogens is 1.